The summed E-state index contributed by atoms with van der Waals surface area (Å²) in [4.78, 5) is 22.7. The molecule has 8 heteroatoms. The van der Waals surface area contributed by atoms with E-state index in [0.29, 0.717) is 18.6 Å². The van der Waals surface area contributed by atoms with E-state index in [9.17, 15) is 27.2 Å². The summed E-state index contributed by atoms with van der Waals surface area (Å²) in [7, 11) is 0. The van der Waals surface area contributed by atoms with Crippen LogP contribution in [0, 0.1) is 5.82 Å². The van der Waals surface area contributed by atoms with E-state index < -0.39 is 41.0 Å². The van der Waals surface area contributed by atoms with Crippen LogP contribution in [-0.2, 0) is 11.0 Å². The van der Waals surface area contributed by atoms with Crippen LogP contribution in [0.4, 0.5) is 17.6 Å². The van der Waals surface area contributed by atoms with E-state index in [1.165, 1.54) is 0 Å². The summed E-state index contributed by atoms with van der Waals surface area (Å²) in [5.74, 6) is -3.69. The lowest BCUT2D eigenvalue weighted by Crippen LogP contribution is -2.41. The lowest BCUT2D eigenvalue weighted by atomic mass is 10.0. The van der Waals surface area contributed by atoms with Crippen molar-refractivity contribution in [2.75, 3.05) is 0 Å². The number of hydrogen-bond donors (Lipinski definition) is 2. The molecule has 0 saturated carbocycles. The second-order valence-corrected chi connectivity index (χ2v) is 4.34. The van der Waals surface area contributed by atoms with Crippen molar-refractivity contribution in [2.24, 2.45) is 0 Å². The highest BCUT2D eigenvalue weighted by molar-refractivity contribution is 5.98. The monoisotopic (exact) mass is 307 g/mol. The smallest absolute Gasteiger partial charge is 0.417 e. The van der Waals surface area contributed by atoms with E-state index in [1.54, 1.807) is 6.92 Å². The van der Waals surface area contributed by atoms with Crippen molar-refractivity contribution in [3.63, 3.8) is 0 Å². The first-order valence-electron chi connectivity index (χ1n) is 6.07. The first-order valence-corrected chi connectivity index (χ1v) is 6.07. The Labute approximate surface area is 117 Å². The van der Waals surface area contributed by atoms with Gasteiger partial charge in [0.2, 0.25) is 0 Å². The zero-order valence-corrected chi connectivity index (χ0v) is 11.0. The maximum atomic E-state index is 12.9. The van der Waals surface area contributed by atoms with Crippen molar-refractivity contribution in [1.82, 2.24) is 5.32 Å². The van der Waals surface area contributed by atoms with Crippen molar-refractivity contribution < 1.29 is 32.3 Å². The van der Waals surface area contributed by atoms with Gasteiger partial charge in [-0.1, -0.05) is 13.3 Å². The van der Waals surface area contributed by atoms with Crippen LogP contribution in [-0.4, -0.2) is 23.0 Å². The third-order valence-corrected chi connectivity index (χ3v) is 2.71. The molecule has 0 radical (unpaired) electrons. The minimum Gasteiger partial charge on any atom is -0.480 e. The summed E-state index contributed by atoms with van der Waals surface area (Å²) >= 11 is 0. The Morgan fingerprint density at radius 2 is 1.95 bits per heavy atom. The minimum atomic E-state index is -4.92. The maximum absolute atomic E-state index is 12.9. The Kier molecular flexibility index (Phi) is 5.28. The van der Waals surface area contributed by atoms with Gasteiger partial charge in [0.25, 0.3) is 5.91 Å². The van der Waals surface area contributed by atoms with Gasteiger partial charge in [0.15, 0.2) is 0 Å². The van der Waals surface area contributed by atoms with Gasteiger partial charge >= 0.3 is 12.1 Å². The summed E-state index contributed by atoms with van der Waals surface area (Å²) in [5, 5.41) is 10.9. The standard InChI is InChI=1S/C13H13F4NO3/c1-2-3-10(12(20)21)18-11(19)8-5-4-7(14)6-9(8)13(15,16)17/h4-6,10H,2-3H2,1H3,(H,18,19)(H,20,21). The number of benzene rings is 1. The van der Waals surface area contributed by atoms with Crippen LogP contribution in [0.25, 0.3) is 0 Å². The lowest BCUT2D eigenvalue weighted by Gasteiger charge is -2.16. The van der Waals surface area contributed by atoms with Crippen molar-refractivity contribution >= 4 is 11.9 Å². The molecule has 0 fully saturated rings. The Balaban J connectivity index is 3.10. The Bertz CT molecular complexity index is 543. The largest absolute Gasteiger partial charge is 0.480 e. The average molecular weight is 307 g/mol. The number of rotatable bonds is 5. The molecule has 1 atom stereocenters. The molecule has 1 aromatic carbocycles. The minimum absolute atomic E-state index is 0.0730. The molecule has 4 nitrogen and oxygen atoms in total. The number of amides is 1. The van der Waals surface area contributed by atoms with Gasteiger partial charge in [0, 0.05) is 0 Å². The molecule has 0 aliphatic carbocycles. The number of nitrogens with one attached hydrogen (secondary N) is 1. The highest BCUT2D eigenvalue weighted by Gasteiger charge is 2.36. The Morgan fingerprint density at radius 3 is 2.43 bits per heavy atom. The van der Waals surface area contributed by atoms with Crippen molar-refractivity contribution in [3.05, 3.63) is 35.1 Å². The molecule has 116 valence electrons. The highest BCUT2D eigenvalue weighted by atomic mass is 19.4. The van der Waals surface area contributed by atoms with E-state index >= 15 is 0 Å². The third-order valence-electron chi connectivity index (χ3n) is 2.71. The molecule has 0 heterocycles. The molecule has 0 spiro atoms. The lowest BCUT2D eigenvalue weighted by molar-refractivity contribution is -0.139. The summed E-state index contributed by atoms with van der Waals surface area (Å²) in [5.41, 5.74) is -2.26. The second kappa shape index (κ2) is 6.55. The molecule has 21 heavy (non-hydrogen) atoms. The molecular weight excluding hydrogens is 294 g/mol. The van der Waals surface area contributed by atoms with E-state index in [4.69, 9.17) is 5.11 Å². The SMILES string of the molecule is CCCC(NC(=O)c1ccc(F)cc1C(F)(F)F)C(=O)O. The van der Waals surface area contributed by atoms with Crippen LogP contribution in [0.2, 0.25) is 0 Å². The van der Waals surface area contributed by atoms with Crippen molar-refractivity contribution in [1.29, 1.82) is 0 Å². The number of carbonyl (C=O) groups is 2. The molecule has 2 N–H and O–H groups in total. The van der Waals surface area contributed by atoms with E-state index in [2.05, 4.69) is 0 Å². The van der Waals surface area contributed by atoms with E-state index in [-0.39, 0.29) is 12.5 Å². The van der Waals surface area contributed by atoms with Crippen LogP contribution in [0.5, 0.6) is 0 Å². The number of halogens is 4. The average Bonchev–Trinajstić information content (AvgIpc) is 2.36. The predicted molar refractivity (Wildman–Crippen MR) is 65.2 cm³/mol. The zero-order valence-electron chi connectivity index (χ0n) is 11.0. The highest BCUT2D eigenvalue weighted by Crippen LogP contribution is 2.32. The Morgan fingerprint density at radius 1 is 1.33 bits per heavy atom. The van der Waals surface area contributed by atoms with Crippen LogP contribution in [0.3, 0.4) is 0 Å². The summed E-state index contributed by atoms with van der Waals surface area (Å²) in [6, 6.07) is 0.288. The number of aliphatic carboxylic acids is 1. The quantitative estimate of drug-likeness (QED) is 0.822. The fraction of sp³-hybridized carbons (Fsp3) is 0.385. The molecule has 0 aliphatic rings. The van der Waals surface area contributed by atoms with Gasteiger partial charge in [0.05, 0.1) is 11.1 Å². The third kappa shape index (κ3) is 4.44. The molecule has 1 amide bonds. The number of alkyl halides is 3. The first kappa shape index (κ1) is 16.9. The fourth-order valence-electron chi connectivity index (χ4n) is 1.73. The van der Waals surface area contributed by atoms with E-state index in [1.807, 2.05) is 5.32 Å². The summed E-state index contributed by atoms with van der Waals surface area (Å²) < 4.78 is 51.2. The summed E-state index contributed by atoms with van der Waals surface area (Å²) in [6.45, 7) is 1.67. The Hall–Kier alpha value is -2.12. The molecule has 0 saturated heterocycles. The number of carboxylic acids is 1. The summed E-state index contributed by atoms with van der Waals surface area (Å²) in [6.07, 6.45) is -4.42. The van der Waals surface area contributed by atoms with E-state index in [0.717, 1.165) is 0 Å². The maximum Gasteiger partial charge on any atom is 0.417 e. The fourth-order valence-corrected chi connectivity index (χ4v) is 1.73. The van der Waals surface area contributed by atoms with Crippen LogP contribution in [0.15, 0.2) is 18.2 Å². The van der Waals surface area contributed by atoms with Gasteiger partial charge in [-0.25, -0.2) is 9.18 Å². The molecule has 1 unspecified atom stereocenters. The van der Waals surface area contributed by atoms with Crippen LogP contribution < -0.4 is 5.32 Å². The number of carbonyl (C=O) groups excluding carboxylic acids is 1. The molecule has 0 bridgehead atoms. The van der Waals surface area contributed by atoms with Gasteiger partial charge in [-0.2, -0.15) is 13.2 Å². The van der Waals surface area contributed by atoms with Gasteiger partial charge in [0.1, 0.15) is 11.9 Å². The van der Waals surface area contributed by atoms with Crippen LogP contribution in [0.1, 0.15) is 35.7 Å². The van der Waals surface area contributed by atoms with Gasteiger partial charge < -0.3 is 10.4 Å². The first-order chi connectivity index (χ1) is 9.66. The zero-order chi connectivity index (χ0) is 16.2. The molecular formula is C13H13F4NO3. The molecule has 1 aromatic rings. The van der Waals surface area contributed by atoms with Crippen LogP contribution >= 0.6 is 0 Å². The molecule has 0 aromatic heterocycles. The topological polar surface area (TPSA) is 66.4 Å². The number of hydrogen-bond acceptors (Lipinski definition) is 2. The molecule has 1 rings (SSSR count). The van der Waals surface area contributed by atoms with Gasteiger partial charge in [-0.05, 0) is 24.6 Å². The van der Waals surface area contributed by atoms with Crippen molar-refractivity contribution in [2.45, 2.75) is 32.0 Å². The number of carboxylic acid groups (broad SMARTS) is 1. The second-order valence-electron chi connectivity index (χ2n) is 4.34. The van der Waals surface area contributed by atoms with Gasteiger partial charge in [-0.3, -0.25) is 4.79 Å². The van der Waals surface area contributed by atoms with Crippen molar-refractivity contribution in [3.8, 4) is 0 Å². The predicted octanol–water partition coefficient (Wildman–Crippen LogP) is 2.83. The molecule has 0 aliphatic heterocycles. The normalized spacial score (nSPS) is 12.8. The van der Waals surface area contributed by atoms with Gasteiger partial charge in [-0.15, -0.1) is 0 Å².